The van der Waals surface area contributed by atoms with Crippen molar-refractivity contribution in [3.63, 3.8) is 0 Å². The SMILES string of the molecule is CC1CCCN(Cc2ccc(C#N)cc2F)C1. The highest BCUT2D eigenvalue weighted by atomic mass is 19.1. The van der Waals surface area contributed by atoms with Gasteiger partial charge in [0.1, 0.15) is 5.82 Å². The van der Waals surface area contributed by atoms with Crippen molar-refractivity contribution in [1.82, 2.24) is 4.90 Å². The third kappa shape index (κ3) is 3.04. The molecular formula is C14H17FN2. The molecule has 1 aliphatic rings. The fourth-order valence-electron chi connectivity index (χ4n) is 2.42. The van der Waals surface area contributed by atoms with Gasteiger partial charge in [0, 0.05) is 18.7 Å². The minimum atomic E-state index is -0.262. The van der Waals surface area contributed by atoms with E-state index in [2.05, 4.69) is 11.8 Å². The second-order valence-electron chi connectivity index (χ2n) is 4.90. The average Bonchev–Trinajstić information content (AvgIpc) is 2.32. The van der Waals surface area contributed by atoms with E-state index in [1.165, 1.54) is 18.9 Å². The van der Waals surface area contributed by atoms with E-state index in [1.54, 1.807) is 12.1 Å². The molecule has 1 aromatic carbocycles. The number of nitriles is 1. The Bertz CT molecular complexity index is 436. The quantitative estimate of drug-likeness (QED) is 0.784. The van der Waals surface area contributed by atoms with Gasteiger partial charge >= 0.3 is 0 Å². The van der Waals surface area contributed by atoms with Crippen LogP contribution in [0.1, 0.15) is 30.9 Å². The molecular weight excluding hydrogens is 215 g/mol. The largest absolute Gasteiger partial charge is 0.299 e. The van der Waals surface area contributed by atoms with Gasteiger partial charge in [0.25, 0.3) is 0 Å². The second kappa shape index (κ2) is 5.29. The highest BCUT2D eigenvalue weighted by Gasteiger charge is 2.17. The summed E-state index contributed by atoms with van der Waals surface area (Å²) in [5.41, 5.74) is 1.08. The van der Waals surface area contributed by atoms with Crippen molar-refractivity contribution in [3.05, 3.63) is 35.1 Å². The summed E-state index contributed by atoms with van der Waals surface area (Å²) in [6.07, 6.45) is 2.46. The molecule has 1 heterocycles. The lowest BCUT2D eigenvalue weighted by atomic mass is 9.99. The fraction of sp³-hybridized carbons (Fsp3) is 0.500. The second-order valence-corrected chi connectivity index (χ2v) is 4.90. The van der Waals surface area contributed by atoms with Crippen LogP contribution in [0.4, 0.5) is 4.39 Å². The average molecular weight is 232 g/mol. The van der Waals surface area contributed by atoms with Gasteiger partial charge in [-0.05, 0) is 37.4 Å². The third-order valence-corrected chi connectivity index (χ3v) is 3.32. The Labute approximate surface area is 102 Å². The minimum Gasteiger partial charge on any atom is -0.299 e. The molecule has 2 nitrogen and oxygen atoms in total. The number of hydrogen-bond donors (Lipinski definition) is 0. The highest BCUT2D eigenvalue weighted by Crippen LogP contribution is 2.19. The van der Waals surface area contributed by atoms with Crippen molar-refractivity contribution >= 4 is 0 Å². The summed E-state index contributed by atoms with van der Waals surface area (Å²) in [5.74, 6) is 0.437. The van der Waals surface area contributed by atoms with E-state index in [0.717, 1.165) is 13.1 Å². The van der Waals surface area contributed by atoms with Gasteiger partial charge in [0.05, 0.1) is 11.6 Å². The van der Waals surface area contributed by atoms with Crippen molar-refractivity contribution in [2.24, 2.45) is 5.92 Å². The van der Waals surface area contributed by atoms with Gasteiger partial charge in [-0.2, -0.15) is 5.26 Å². The van der Waals surface area contributed by atoms with Crippen LogP contribution in [0.5, 0.6) is 0 Å². The van der Waals surface area contributed by atoms with Crippen LogP contribution in [0.25, 0.3) is 0 Å². The topological polar surface area (TPSA) is 27.0 Å². The fourth-order valence-corrected chi connectivity index (χ4v) is 2.42. The van der Waals surface area contributed by atoms with Gasteiger partial charge < -0.3 is 0 Å². The maximum Gasteiger partial charge on any atom is 0.129 e. The molecule has 0 bridgehead atoms. The molecule has 17 heavy (non-hydrogen) atoms. The Morgan fingerprint density at radius 3 is 3.00 bits per heavy atom. The molecule has 2 rings (SSSR count). The first-order chi connectivity index (χ1) is 8.19. The predicted octanol–water partition coefficient (Wildman–Crippen LogP) is 2.93. The zero-order valence-corrected chi connectivity index (χ0v) is 10.1. The minimum absolute atomic E-state index is 0.262. The van der Waals surface area contributed by atoms with Crippen LogP contribution in [0.3, 0.4) is 0 Å². The summed E-state index contributed by atoms with van der Waals surface area (Å²) in [5, 5.41) is 8.68. The maximum atomic E-state index is 13.7. The summed E-state index contributed by atoms with van der Waals surface area (Å²) < 4.78 is 13.7. The number of piperidine rings is 1. The normalized spacial score (nSPS) is 21.1. The van der Waals surface area contributed by atoms with Crippen LogP contribution >= 0.6 is 0 Å². The number of rotatable bonds is 2. The molecule has 0 aromatic heterocycles. The molecule has 1 saturated heterocycles. The van der Waals surface area contributed by atoms with Crippen LogP contribution < -0.4 is 0 Å². The molecule has 1 unspecified atom stereocenters. The molecule has 0 spiro atoms. The Kier molecular flexibility index (Phi) is 3.75. The van der Waals surface area contributed by atoms with E-state index in [-0.39, 0.29) is 5.82 Å². The molecule has 1 aromatic rings. The number of hydrogen-bond acceptors (Lipinski definition) is 2. The molecule has 3 heteroatoms. The molecule has 0 N–H and O–H groups in total. The lowest BCUT2D eigenvalue weighted by Crippen LogP contribution is -2.33. The van der Waals surface area contributed by atoms with E-state index < -0.39 is 0 Å². The van der Waals surface area contributed by atoms with Crippen LogP contribution in [-0.2, 0) is 6.54 Å². The van der Waals surface area contributed by atoms with Gasteiger partial charge in [-0.1, -0.05) is 13.0 Å². The summed E-state index contributed by atoms with van der Waals surface area (Å²) in [6.45, 7) is 4.98. The summed E-state index contributed by atoms with van der Waals surface area (Å²) in [7, 11) is 0. The van der Waals surface area contributed by atoms with E-state index in [4.69, 9.17) is 5.26 Å². The number of likely N-dealkylation sites (tertiary alicyclic amines) is 1. The van der Waals surface area contributed by atoms with Gasteiger partial charge in [-0.15, -0.1) is 0 Å². The van der Waals surface area contributed by atoms with E-state index in [9.17, 15) is 4.39 Å². The van der Waals surface area contributed by atoms with Gasteiger partial charge in [0.15, 0.2) is 0 Å². The lowest BCUT2D eigenvalue weighted by Gasteiger charge is -2.30. The molecule has 0 saturated carbocycles. The van der Waals surface area contributed by atoms with Crippen LogP contribution in [0, 0.1) is 23.1 Å². The Hall–Kier alpha value is -1.40. The van der Waals surface area contributed by atoms with Crippen molar-refractivity contribution in [2.45, 2.75) is 26.3 Å². The zero-order chi connectivity index (χ0) is 12.3. The van der Waals surface area contributed by atoms with Crippen molar-refractivity contribution in [1.29, 1.82) is 5.26 Å². The van der Waals surface area contributed by atoms with Crippen LogP contribution in [-0.4, -0.2) is 18.0 Å². The summed E-state index contributed by atoms with van der Waals surface area (Å²) >= 11 is 0. The lowest BCUT2D eigenvalue weighted by molar-refractivity contribution is 0.175. The molecule has 1 fully saturated rings. The Morgan fingerprint density at radius 2 is 2.35 bits per heavy atom. The van der Waals surface area contributed by atoms with Gasteiger partial charge in [-0.3, -0.25) is 4.90 Å². The van der Waals surface area contributed by atoms with E-state index in [0.29, 0.717) is 23.6 Å². The molecule has 1 atom stereocenters. The highest BCUT2D eigenvalue weighted by molar-refractivity contribution is 5.32. The molecule has 1 aliphatic heterocycles. The van der Waals surface area contributed by atoms with Crippen molar-refractivity contribution in [2.75, 3.05) is 13.1 Å². The molecule has 0 amide bonds. The van der Waals surface area contributed by atoms with E-state index >= 15 is 0 Å². The molecule has 90 valence electrons. The third-order valence-electron chi connectivity index (χ3n) is 3.32. The van der Waals surface area contributed by atoms with Crippen molar-refractivity contribution < 1.29 is 4.39 Å². The first kappa shape index (κ1) is 12.1. The number of nitrogens with zero attached hydrogens (tertiary/aromatic N) is 2. The monoisotopic (exact) mass is 232 g/mol. The summed E-state index contributed by atoms with van der Waals surface area (Å²) in [4.78, 5) is 2.29. The van der Waals surface area contributed by atoms with Crippen LogP contribution in [0.2, 0.25) is 0 Å². The number of halogens is 1. The predicted molar refractivity (Wildman–Crippen MR) is 64.8 cm³/mol. The van der Waals surface area contributed by atoms with Gasteiger partial charge in [0.2, 0.25) is 0 Å². The zero-order valence-electron chi connectivity index (χ0n) is 10.1. The van der Waals surface area contributed by atoms with Crippen LogP contribution in [0.15, 0.2) is 18.2 Å². The van der Waals surface area contributed by atoms with E-state index in [1.807, 2.05) is 6.07 Å². The van der Waals surface area contributed by atoms with Gasteiger partial charge in [-0.25, -0.2) is 4.39 Å². The smallest absolute Gasteiger partial charge is 0.129 e. The standard InChI is InChI=1S/C14H17FN2/c1-11-3-2-6-17(9-11)10-13-5-4-12(8-16)7-14(13)15/h4-5,7,11H,2-3,6,9-10H2,1H3. The Morgan fingerprint density at radius 1 is 1.53 bits per heavy atom. The first-order valence-corrected chi connectivity index (χ1v) is 6.10. The van der Waals surface area contributed by atoms with Crippen molar-refractivity contribution in [3.8, 4) is 6.07 Å². The Balaban J connectivity index is 2.06. The molecule has 0 aliphatic carbocycles. The maximum absolute atomic E-state index is 13.7. The molecule has 0 radical (unpaired) electrons. The summed E-state index contributed by atoms with van der Waals surface area (Å²) in [6, 6.07) is 6.69. The number of benzene rings is 1. The first-order valence-electron chi connectivity index (χ1n) is 6.10.